The van der Waals surface area contributed by atoms with E-state index in [2.05, 4.69) is 10.6 Å². The van der Waals surface area contributed by atoms with Crippen molar-refractivity contribution in [3.05, 3.63) is 130 Å². The van der Waals surface area contributed by atoms with Gasteiger partial charge < -0.3 is 15.7 Å². The van der Waals surface area contributed by atoms with Gasteiger partial charge in [-0.1, -0.05) is 72.3 Å². The lowest BCUT2D eigenvalue weighted by atomic mass is 10.00. The maximum Gasteiger partial charge on any atom is 0.416 e. The molecule has 0 aliphatic rings. The summed E-state index contributed by atoms with van der Waals surface area (Å²) in [6.07, 6.45) is -4.38. The van der Waals surface area contributed by atoms with Crippen molar-refractivity contribution in [3.63, 3.8) is 0 Å². The number of benzene rings is 4. The second kappa shape index (κ2) is 14.3. The Morgan fingerprint density at radius 1 is 0.909 bits per heavy atom. The number of carbonyl (C=O) groups excluding carboxylic acids is 1. The van der Waals surface area contributed by atoms with Crippen LogP contribution in [0.1, 0.15) is 27.0 Å². The molecule has 0 saturated carbocycles. The second-order valence-electron chi connectivity index (χ2n) is 10.2. The van der Waals surface area contributed by atoms with Gasteiger partial charge in [-0.15, -0.1) is 0 Å². The standard InChI is InChI=1S/C32H31ClF3N3O4S/c1-44(42,43)39(26-16-14-25(33)15-17-26)29-13-6-5-12-27(29)31(41)38-28(19-22-8-3-2-4-9-22)30(40)21-37-20-23-10-7-11-24(18-23)32(34,35)36/h2-18,28,30,37,40H,19-21H2,1H3,(H,38,41)/t28-,30+/m0/s1. The molecule has 7 nitrogen and oxygen atoms in total. The van der Waals surface area contributed by atoms with E-state index in [0.29, 0.717) is 10.6 Å². The van der Waals surface area contributed by atoms with E-state index >= 15 is 0 Å². The number of carbonyl (C=O) groups is 1. The lowest BCUT2D eigenvalue weighted by molar-refractivity contribution is -0.137. The zero-order valence-electron chi connectivity index (χ0n) is 23.6. The monoisotopic (exact) mass is 645 g/mol. The number of hydrogen-bond donors (Lipinski definition) is 3. The smallest absolute Gasteiger partial charge is 0.390 e. The Balaban J connectivity index is 1.57. The van der Waals surface area contributed by atoms with Crippen LogP contribution in [0, 0.1) is 0 Å². The largest absolute Gasteiger partial charge is 0.416 e. The minimum Gasteiger partial charge on any atom is -0.390 e. The first-order valence-corrected chi connectivity index (χ1v) is 15.8. The summed E-state index contributed by atoms with van der Waals surface area (Å²) in [5.41, 5.74) is 0.860. The Morgan fingerprint density at radius 3 is 2.20 bits per heavy atom. The summed E-state index contributed by atoms with van der Waals surface area (Å²) in [4.78, 5) is 13.7. The van der Waals surface area contributed by atoms with Gasteiger partial charge in [0.1, 0.15) is 0 Å². The SMILES string of the molecule is CS(=O)(=O)N(c1ccc(Cl)cc1)c1ccccc1C(=O)N[C@@H](Cc1ccccc1)[C@H](O)CNCc1cccc(C(F)(F)F)c1. The van der Waals surface area contributed by atoms with Gasteiger partial charge in [0.2, 0.25) is 10.0 Å². The molecule has 232 valence electrons. The average molecular weight is 646 g/mol. The number of rotatable bonds is 12. The van der Waals surface area contributed by atoms with Crippen LogP contribution in [0.2, 0.25) is 5.02 Å². The van der Waals surface area contributed by atoms with E-state index in [9.17, 15) is 31.5 Å². The number of halogens is 4. The molecule has 0 unspecified atom stereocenters. The average Bonchev–Trinajstić information content (AvgIpc) is 2.98. The summed E-state index contributed by atoms with van der Waals surface area (Å²) >= 11 is 6.00. The Kier molecular flexibility index (Phi) is 10.7. The number of nitrogens with zero attached hydrogens (tertiary/aromatic N) is 1. The van der Waals surface area contributed by atoms with Crippen molar-refractivity contribution in [1.29, 1.82) is 0 Å². The first kappa shape index (κ1) is 33.0. The molecule has 4 aromatic rings. The Labute approximate surface area is 259 Å². The van der Waals surface area contributed by atoms with E-state index in [1.807, 2.05) is 30.3 Å². The maximum absolute atomic E-state index is 13.7. The van der Waals surface area contributed by atoms with Crippen molar-refractivity contribution in [2.75, 3.05) is 17.1 Å². The normalized spacial score (nSPS) is 13.2. The van der Waals surface area contributed by atoms with Crippen LogP contribution in [0.3, 0.4) is 0 Å². The van der Waals surface area contributed by atoms with Gasteiger partial charge in [0.15, 0.2) is 0 Å². The Hall–Kier alpha value is -3.90. The van der Waals surface area contributed by atoms with E-state index in [1.54, 1.807) is 18.2 Å². The van der Waals surface area contributed by atoms with E-state index in [1.165, 1.54) is 42.5 Å². The fourth-order valence-electron chi connectivity index (χ4n) is 4.69. The van der Waals surface area contributed by atoms with Crippen molar-refractivity contribution >= 4 is 38.9 Å². The summed E-state index contributed by atoms with van der Waals surface area (Å²) in [5.74, 6) is -0.624. The van der Waals surface area contributed by atoms with Crippen molar-refractivity contribution in [1.82, 2.24) is 10.6 Å². The van der Waals surface area contributed by atoms with Crippen LogP contribution in [0.4, 0.5) is 24.5 Å². The van der Waals surface area contributed by atoms with E-state index in [0.717, 1.165) is 28.3 Å². The summed E-state index contributed by atoms with van der Waals surface area (Å²) in [6.45, 7) is 0.0101. The molecule has 4 aromatic carbocycles. The number of aliphatic hydroxyl groups excluding tert-OH is 1. The first-order valence-electron chi connectivity index (χ1n) is 13.6. The molecule has 0 aliphatic heterocycles. The van der Waals surface area contributed by atoms with Gasteiger partial charge in [0.25, 0.3) is 5.91 Å². The molecule has 0 heterocycles. The van der Waals surface area contributed by atoms with Crippen LogP contribution in [0.25, 0.3) is 0 Å². The Morgan fingerprint density at radius 2 is 1.55 bits per heavy atom. The van der Waals surface area contributed by atoms with E-state index in [4.69, 9.17) is 11.6 Å². The molecule has 0 spiro atoms. The van der Waals surface area contributed by atoms with Crippen molar-refractivity contribution in [3.8, 4) is 0 Å². The molecule has 3 N–H and O–H groups in total. The lowest BCUT2D eigenvalue weighted by Gasteiger charge is -2.27. The predicted molar refractivity (Wildman–Crippen MR) is 165 cm³/mol. The number of anilines is 2. The van der Waals surface area contributed by atoms with Crippen molar-refractivity contribution < 1.29 is 31.5 Å². The zero-order chi connectivity index (χ0) is 31.9. The third-order valence-electron chi connectivity index (χ3n) is 6.78. The minimum absolute atomic E-state index is 0.0457. The highest BCUT2D eigenvalue weighted by atomic mass is 35.5. The summed E-state index contributed by atoms with van der Waals surface area (Å²) < 4.78 is 66.2. The topological polar surface area (TPSA) is 98.7 Å². The zero-order valence-corrected chi connectivity index (χ0v) is 25.2. The lowest BCUT2D eigenvalue weighted by Crippen LogP contribution is -2.49. The van der Waals surface area contributed by atoms with Crippen LogP contribution < -0.4 is 14.9 Å². The molecule has 0 saturated heterocycles. The molecule has 0 aromatic heterocycles. The fraction of sp³-hybridized carbons (Fsp3) is 0.219. The van der Waals surface area contributed by atoms with E-state index < -0.39 is 39.8 Å². The second-order valence-corrected chi connectivity index (χ2v) is 12.5. The minimum atomic E-state index is -4.48. The van der Waals surface area contributed by atoms with Crippen molar-refractivity contribution in [2.45, 2.75) is 31.3 Å². The molecule has 12 heteroatoms. The molecule has 0 fully saturated rings. The summed E-state index contributed by atoms with van der Waals surface area (Å²) in [6, 6.07) is 25.5. The number of nitrogens with one attached hydrogen (secondary N) is 2. The maximum atomic E-state index is 13.7. The first-order chi connectivity index (χ1) is 20.8. The molecule has 0 radical (unpaired) electrons. The molecule has 2 atom stereocenters. The quantitative estimate of drug-likeness (QED) is 0.177. The van der Waals surface area contributed by atoms with Crippen LogP contribution in [-0.4, -0.2) is 44.4 Å². The molecule has 0 aliphatic carbocycles. The Bertz CT molecular complexity index is 1670. The molecule has 0 bridgehead atoms. The van der Waals surface area contributed by atoms with Gasteiger partial charge in [0, 0.05) is 18.1 Å². The third kappa shape index (κ3) is 8.82. The molecular formula is C32H31ClF3N3O4S. The molecule has 44 heavy (non-hydrogen) atoms. The number of hydrogen-bond acceptors (Lipinski definition) is 5. The highest BCUT2D eigenvalue weighted by Gasteiger charge is 2.31. The van der Waals surface area contributed by atoms with Gasteiger partial charge >= 0.3 is 6.18 Å². The number of alkyl halides is 3. The van der Waals surface area contributed by atoms with Gasteiger partial charge in [0.05, 0.1) is 40.9 Å². The predicted octanol–water partition coefficient (Wildman–Crippen LogP) is 5.95. The van der Waals surface area contributed by atoms with Gasteiger partial charge in [-0.2, -0.15) is 13.2 Å². The van der Waals surface area contributed by atoms with Gasteiger partial charge in [-0.3, -0.25) is 4.79 Å². The van der Waals surface area contributed by atoms with Gasteiger partial charge in [-0.25, -0.2) is 12.7 Å². The molecule has 1 amide bonds. The van der Waals surface area contributed by atoms with Crippen LogP contribution >= 0.6 is 11.6 Å². The number of para-hydroxylation sites is 1. The molecular weight excluding hydrogens is 615 g/mol. The van der Waals surface area contributed by atoms with Crippen LogP contribution in [0.15, 0.2) is 103 Å². The highest BCUT2D eigenvalue weighted by Crippen LogP contribution is 2.32. The number of aliphatic hydroxyl groups is 1. The molecule has 4 rings (SSSR count). The van der Waals surface area contributed by atoms with Crippen molar-refractivity contribution in [2.24, 2.45) is 0 Å². The van der Waals surface area contributed by atoms with E-state index in [-0.39, 0.29) is 36.4 Å². The number of amides is 1. The third-order valence-corrected chi connectivity index (χ3v) is 8.10. The number of sulfonamides is 1. The van der Waals surface area contributed by atoms with Crippen LogP contribution in [-0.2, 0) is 29.2 Å². The summed E-state index contributed by atoms with van der Waals surface area (Å²) in [7, 11) is -3.90. The van der Waals surface area contributed by atoms with Gasteiger partial charge in [-0.05, 0) is 60.0 Å². The highest BCUT2D eigenvalue weighted by molar-refractivity contribution is 7.92. The fourth-order valence-corrected chi connectivity index (χ4v) is 5.84. The van der Waals surface area contributed by atoms with Crippen LogP contribution in [0.5, 0.6) is 0 Å². The summed E-state index contributed by atoms with van der Waals surface area (Å²) in [5, 5.41) is 17.4.